The molecule has 0 radical (unpaired) electrons. The van der Waals surface area contributed by atoms with Crippen molar-refractivity contribution in [3.05, 3.63) is 52.7 Å². The molecule has 3 rings (SSSR count). The largest absolute Gasteiger partial charge is 0.443 e. The highest BCUT2D eigenvalue weighted by Gasteiger charge is 2.31. The second kappa shape index (κ2) is 8.36. The van der Waals surface area contributed by atoms with E-state index < -0.39 is 0 Å². The molecule has 7 heteroatoms. The lowest BCUT2D eigenvalue weighted by atomic mass is 10.0. The predicted molar refractivity (Wildman–Crippen MR) is 97.7 cm³/mol. The predicted octanol–water partition coefficient (Wildman–Crippen LogP) is 3.11. The lowest BCUT2D eigenvalue weighted by Crippen LogP contribution is -2.44. The number of carbonyl (C=O) groups excluding carboxylic acids is 2. The van der Waals surface area contributed by atoms with Crippen LogP contribution in [0.3, 0.4) is 0 Å². The van der Waals surface area contributed by atoms with Gasteiger partial charge in [0.1, 0.15) is 11.8 Å². The van der Waals surface area contributed by atoms with Crippen LogP contribution in [-0.2, 0) is 16.0 Å². The lowest BCUT2D eigenvalue weighted by Gasteiger charge is -2.33. The SMILES string of the molecule is CC(=O)NCC(=O)N1CCCC[C@H]1c1ncc(Cc2cccc(Cl)c2)o1. The summed E-state index contributed by atoms with van der Waals surface area (Å²) in [6.45, 7) is 2.05. The number of oxazole rings is 1. The maximum absolute atomic E-state index is 12.4. The number of amides is 2. The molecule has 1 aromatic heterocycles. The lowest BCUT2D eigenvalue weighted by molar-refractivity contribution is -0.136. The summed E-state index contributed by atoms with van der Waals surface area (Å²) < 4.78 is 5.94. The van der Waals surface area contributed by atoms with E-state index in [0.717, 1.165) is 30.6 Å². The van der Waals surface area contributed by atoms with E-state index in [1.165, 1.54) is 6.92 Å². The first-order valence-electron chi connectivity index (χ1n) is 8.76. The minimum absolute atomic E-state index is 0.00190. The molecule has 1 aliphatic heterocycles. The first-order valence-corrected chi connectivity index (χ1v) is 9.13. The topological polar surface area (TPSA) is 75.4 Å². The number of benzene rings is 1. The van der Waals surface area contributed by atoms with Gasteiger partial charge in [-0.25, -0.2) is 4.98 Å². The fourth-order valence-electron chi connectivity index (χ4n) is 3.19. The van der Waals surface area contributed by atoms with E-state index in [2.05, 4.69) is 10.3 Å². The van der Waals surface area contributed by atoms with Gasteiger partial charge in [0.2, 0.25) is 17.7 Å². The fraction of sp³-hybridized carbons (Fsp3) is 0.421. The second-order valence-electron chi connectivity index (χ2n) is 6.48. The Hall–Kier alpha value is -2.34. The molecule has 1 aromatic carbocycles. The van der Waals surface area contributed by atoms with E-state index in [1.54, 1.807) is 11.1 Å². The van der Waals surface area contributed by atoms with Crippen molar-refractivity contribution in [3.63, 3.8) is 0 Å². The first-order chi connectivity index (χ1) is 12.5. The number of rotatable bonds is 5. The van der Waals surface area contributed by atoms with Crippen LogP contribution in [0, 0.1) is 0 Å². The Bertz CT molecular complexity index is 790. The normalized spacial score (nSPS) is 17.2. The Morgan fingerprint density at radius 2 is 2.23 bits per heavy atom. The average molecular weight is 376 g/mol. The standard InChI is InChI=1S/C19H22ClN3O3/c1-13(24)21-12-18(25)23-8-3-2-7-17(23)19-22-11-16(26-19)10-14-5-4-6-15(20)9-14/h4-6,9,11,17H,2-3,7-8,10,12H2,1H3,(H,21,24)/t17-/m0/s1. The van der Waals surface area contributed by atoms with E-state index in [4.69, 9.17) is 16.0 Å². The van der Waals surface area contributed by atoms with Crippen LogP contribution in [0.4, 0.5) is 0 Å². The Kier molecular flexibility index (Phi) is 5.93. The molecular weight excluding hydrogens is 354 g/mol. The van der Waals surface area contributed by atoms with Crippen molar-refractivity contribution in [1.82, 2.24) is 15.2 Å². The van der Waals surface area contributed by atoms with E-state index in [0.29, 0.717) is 23.9 Å². The van der Waals surface area contributed by atoms with Gasteiger partial charge in [-0.3, -0.25) is 9.59 Å². The van der Waals surface area contributed by atoms with Gasteiger partial charge in [-0.1, -0.05) is 23.7 Å². The molecule has 0 bridgehead atoms. The number of hydrogen-bond donors (Lipinski definition) is 1. The first kappa shape index (κ1) is 18.5. The van der Waals surface area contributed by atoms with E-state index in [1.807, 2.05) is 24.3 Å². The fourth-order valence-corrected chi connectivity index (χ4v) is 3.41. The molecule has 2 aromatic rings. The summed E-state index contributed by atoms with van der Waals surface area (Å²) in [6.07, 6.45) is 5.07. The van der Waals surface area contributed by atoms with Crippen LogP contribution < -0.4 is 5.32 Å². The van der Waals surface area contributed by atoms with Crippen molar-refractivity contribution in [2.45, 2.75) is 38.6 Å². The Balaban J connectivity index is 1.71. The summed E-state index contributed by atoms with van der Waals surface area (Å²) in [6, 6.07) is 7.43. The molecule has 1 saturated heterocycles. The highest BCUT2D eigenvalue weighted by Crippen LogP contribution is 2.31. The van der Waals surface area contributed by atoms with Gasteiger partial charge in [-0.2, -0.15) is 0 Å². The zero-order valence-corrected chi connectivity index (χ0v) is 15.5. The molecule has 26 heavy (non-hydrogen) atoms. The number of carbonyl (C=O) groups is 2. The Labute approximate surface area is 157 Å². The molecule has 0 saturated carbocycles. The van der Waals surface area contributed by atoms with E-state index in [-0.39, 0.29) is 24.4 Å². The molecule has 6 nitrogen and oxygen atoms in total. The maximum atomic E-state index is 12.4. The molecule has 2 heterocycles. The van der Waals surface area contributed by atoms with Crippen LogP contribution in [0.1, 0.15) is 49.4 Å². The number of halogens is 1. The van der Waals surface area contributed by atoms with Crippen LogP contribution in [0.15, 0.2) is 34.9 Å². The van der Waals surface area contributed by atoms with Gasteiger partial charge in [0, 0.05) is 24.9 Å². The summed E-state index contributed by atoms with van der Waals surface area (Å²) in [4.78, 5) is 29.7. The summed E-state index contributed by atoms with van der Waals surface area (Å²) in [5.74, 6) is 0.964. The zero-order chi connectivity index (χ0) is 18.5. The van der Waals surface area contributed by atoms with Crippen molar-refractivity contribution in [2.24, 2.45) is 0 Å². The number of nitrogens with one attached hydrogen (secondary N) is 1. The van der Waals surface area contributed by atoms with Crippen molar-refractivity contribution >= 4 is 23.4 Å². The molecule has 1 aliphatic rings. The second-order valence-corrected chi connectivity index (χ2v) is 6.92. The Morgan fingerprint density at radius 3 is 3.00 bits per heavy atom. The molecule has 2 amide bonds. The minimum atomic E-state index is -0.216. The quantitative estimate of drug-likeness (QED) is 0.871. The molecule has 0 unspecified atom stereocenters. The van der Waals surface area contributed by atoms with Crippen molar-refractivity contribution < 1.29 is 14.0 Å². The third-order valence-electron chi connectivity index (χ3n) is 4.44. The number of nitrogens with zero attached hydrogens (tertiary/aromatic N) is 2. The molecule has 1 fully saturated rings. The molecule has 1 atom stereocenters. The average Bonchev–Trinajstić information content (AvgIpc) is 3.08. The summed E-state index contributed by atoms with van der Waals surface area (Å²) in [5.41, 5.74) is 1.04. The van der Waals surface area contributed by atoms with Crippen LogP contribution in [-0.4, -0.2) is 34.8 Å². The van der Waals surface area contributed by atoms with Crippen molar-refractivity contribution in [3.8, 4) is 0 Å². The maximum Gasteiger partial charge on any atom is 0.242 e. The molecule has 0 aliphatic carbocycles. The monoisotopic (exact) mass is 375 g/mol. The Morgan fingerprint density at radius 1 is 1.38 bits per heavy atom. The van der Waals surface area contributed by atoms with Gasteiger partial charge in [-0.05, 0) is 37.0 Å². The van der Waals surface area contributed by atoms with E-state index >= 15 is 0 Å². The molecule has 0 spiro atoms. The van der Waals surface area contributed by atoms with E-state index in [9.17, 15) is 9.59 Å². The third-order valence-corrected chi connectivity index (χ3v) is 4.67. The third kappa shape index (κ3) is 4.64. The van der Waals surface area contributed by atoms with Crippen LogP contribution >= 0.6 is 11.6 Å². The summed E-state index contributed by atoms with van der Waals surface area (Å²) in [5, 5.41) is 3.25. The number of hydrogen-bond acceptors (Lipinski definition) is 4. The highest BCUT2D eigenvalue weighted by molar-refractivity contribution is 6.30. The van der Waals surface area contributed by atoms with Gasteiger partial charge >= 0.3 is 0 Å². The number of piperidine rings is 1. The molecule has 138 valence electrons. The summed E-state index contributed by atoms with van der Waals surface area (Å²) >= 11 is 6.02. The van der Waals surface area contributed by atoms with Gasteiger partial charge in [0.25, 0.3) is 0 Å². The van der Waals surface area contributed by atoms with Crippen molar-refractivity contribution in [2.75, 3.05) is 13.1 Å². The van der Waals surface area contributed by atoms with Gasteiger partial charge < -0.3 is 14.6 Å². The van der Waals surface area contributed by atoms with Gasteiger partial charge in [-0.15, -0.1) is 0 Å². The van der Waals surface area contributed by atoms with Crippen LogP contribution in [0.25, 0.3) is 0 Å². The van der Waals surface area contributed by atoms with Gasteiger partial charge in [0.15, 0.2) is 0 Å². The number of aromatic nitrogens is 1. The highest BCUT2D eigenvalue weighted by atomic mass is 35.5. The number of likely N-dealkylation sites (tertiary alicyclic amines) is 1. The van der Waals surface area contributed by atoms with Crippen LogP contribution in [0.5, 0.6) is 0 Å². The zero-order valence-electron chi connectivity index (χ0n) is 14.7. The van der Waals surface area contributed by atoms with Crippen molar-refractivity contribution in [1.29, 1.82) is 0 Å². The minimum Gasteiger partial charge on any atom is -0.443 e. The molecule has 1 N–H and O–H groups in total. The van der Waals surface area contributed by atoms with Crippen LogP contribution in [0.2, 0.25) is 5.02 Å². The summed E-state index contributed by atoms with van der Waals surface area (Å²) in [7, 11) is 0. The smallest absolute Gasteiger partial charge is 0.242 e. The molecular formula is C19H22ClN3O3. The van der Waals surface area contributed by atoms with Gasteiger partial charge in [0.05, 0.1) is 12.7 Å².